The van der Waals surface area contributed by atoms with Crippen LogP contribution in [0.5, 0.6) is 0 Å². The number of carbonyl (C=O) groups is 1. The monoisotopic (exact) mass is 537 g/mol. The number of hydrogen-bond acceptors (Lipinski definition) is 3. The van der Waals surface area contributed by atoms with Gasteiger partial charge in [-0.25, -0.2) is 5.06 Å². The molecule has 1 aliphatic rings. The molecule has 2 aromatic rings. The standard InChI is InChI=1S/C19H22N2O2.Ac/c22-19-17(13-11-15-7-3-1-4-8-15)20-18(21(19)23)14-12-16-9-5-2-6-10-16;/h1-10,17-18,20,23H,11-14H2;/t17-,18+;/m0./s1. The maximum Gasteiger partial charge on any atom is 0.264 e. The van der Waals surface area contributed by atoms with Gasteiger partial charge in [-0.15, -0.1) is 0 Å². The fourth-order valence-electron chi connectivity index (χ4n) is 3.00. The Kier molecular flexibility index (Phi) is 7.90. The minimum absolute atomic E-state index is 0. The van der Waals surface area contributed by atoms with Crippen LogP contribution in [0.4, 0.5) is 0 Å². The third kappa shape index (κ3) is 5.13. The molecule has 0 aromatic heterocycles. The van der Waals surface area contributed by atoms with Gasteiger partial charge in [0.1, 0.15) is 6.17 Å². The van der Waals surface area contributed by atoms with Gasteiger partial charge in [0.2, 0.25) is 0 Å². The fourth-order valence-corrected chi connectivity index (χ4v) is 3.00. The number of carbonyl (C=O) groups excluding carboxylic acids is 1. The second-order valence-electron chi connectivity index (χ2n) is 5.97. The van der Waals surface area contributed by atoms with Crippen LogP contribution < -0.4 is 5.32 Å². The second-order valence-corrected chi connectivity index (χ2v) is 5.97. The van der Waals surface area contributed by atoms with Gasteiger partial charge in [-0.05, 0) is 36.8 Å². The van der Waals surface area contributed by atoms with Crippen LogP contribution >= 0.6 is 0 Å². The van der Waals surface area contributed by atoms with E-state index in [0.29, 0.717) is 12.8 Å². The van der Waals surface area contributed by atoms with Crippen molar-refractivity contribution in [3.05, 3.63) is 71.8 Å². The number of hydrogen-bond donors (Lipinski definition) is 2. The summed E-state index contributed by atoms with van der Waals surface area (Å²) in [5, 5.41) is 14.2. The van der Waals surface area contributed by atoms with Gasteiger partial charge >= 0.3 is 0 Å². The summed E-state index contributed by atoms with van der Waals surface area (Å²) in [6, 6.07) is 19.9. The Bertz CT molecular complexity index is 636. The van der Waals surface area contributed by atoms with Crippen molar-refractivity contribution in [2.45, 2.75) is 37.9 Å². The molecule has 2 aromatic carbocycles. The van der Waals surface area contributed by atoms with Gasteiger partial charge in [0.25, 0.3) is 5.91 Å². The van der Waals surface area contributed by atoms with E-state index in [1.165, 1.54) is 11.1 Å². The number of benzene rings is 2. The van der Waals surface area contributed by atoms with Crippen molar-refractivity contribution in [3.8, 4) is 0 Å². The Morgan fingerprint density at radius 1 is 0.875 bits per heavy atom. The summed E-state index contributed by atoms with van der Waals surface area (Å²) in [4.78, 5) is 12.2. The summed E-state index contributed by atoms with van der Waals surface area (Å²) in [7, 11) is 0. The normalized spacial score (nSPS) is 20.0. The van der Waals surface area contributed by atoms with Crippen molar-refractivity contribution >= 4 is 5.91 Å². The fraction of sp³-hybridized carbons (Fsp3) is 0.316. The van der Waals surface area contributed by atoms with E-state index in [1.54, 1.807) is 0 Å². The molecule has 0 saturated carbocycles. The summed E-state index contributed by atoms with van der Waals surface area (Å²) in [5.74, 6) is -0.223. The number of aryl methyl sites for hydroxylation is 2. The summed E-state index contributed by atoms with van der Waals surface area (Å²) in [5.41, 5.74) is 2.42. The van der Waals surface area contributed by atoms with Crippen LogP contribution in [0.25, 0.3) is 0 Å². The first-order valence-corrected chi connectivity index (χ1v) is 8.10. The van der Waals surface area contributed by atoms with Gasteiger partial charge in [0.15, 0.2) is 0 Å². The molecule has 5 heteroatoms. The number of rotatable bonds is 6. The molecule has 3 rings (SSSR count). The van der Waals surface area contributed by atoms with E-state index in [0.717, 1.165) is 17.9 Å². The zero-order valence-corrected chi connectivity index (χ0v) is 18.4. The average Bonchev–Trinajstić information content (AvgIpc) is 2.88. The summed E-state index contributed by atoms with van der Waals surface area (Å²) >= 11 is 0. The maximum absolute atomic E-state index is 12.2. The number of nitrogens with zero attached hydrogens (tertiary/aromatic N) is 1. The van der Waals surface area contributed by atoms with Crippen molar-refractivity contribution in [3.63, 3.8) is 0 Å². The van der Waals surface area contributed by atoms with Crippen LogP contribution in [-0.4, -0.2) is 28.4 Å². The van der Waals surface area contributed by atoms with Gasteiger partial charge in [-0.2, -0.15) is 0 Å². The molecule has 1 fully saturated rings. The van der Waals surface area contributed by atoms with E-state index in [-0.39, 0.29) is 62.2 Å². The topological polar surface area (TPSA) is 52.6 Å². The molecule has 0 bridgehead atoms. The molecule has 1 saturated heterocycles. The maximum atomic E-state index is 12.2. The summed E-state index contributed by atoms with van der Waals surface area (Å²) in [6.45, 7) is 0. The molecule has 0 unspecified atom stereocenters. The van der Waals surface area contributed by atoms with E-state index < -0.39 is 0 Å². The predicted molar refractivity (Wildman–Crippen MR) is 88.9 cm³/mol. The van der Waals surface area contributed by atoms with Gasteiger partial charge in [0, 0.05) is 44.1 Å². The van der Waals surface area contributed by atoms with E-state index in [1.807, 2.05) is 36.4 Å². The Labute approximate surface area is 178 Å². The van der Waals surface area contributed by atoms with Gasteiger partial charge in [-0.3, -0.25) is 15.3 Å². The van der Waals surface area contributed by atoms with Gasteiger partial charge < -0.3 is 0 Å². The summed E-state index contributed by atoms with van der Waals surface area (Å²) in [6.07, 6.45) is 2.75. The molecule has 2 N–H and O–H groups in total. The molecule has 1 radical (unpaired) electrons. The van der Waals surface area contributed by atoms with Crippen LogP contribution in [0.2, 0.25) is 0 Å². The molecule has 123 valence electrons. The largest absolute Gasteiger partial charge is 0.284 e. The number of amides is 1. The predicted octanol–water partition coefficient (Wildman–Crippen LogP) is 2.77. The third-order valence-corrected chi connectivity index (χ3v) is 4.33. The molecule has 0 spiro atoms. The first-order valence-electron chi connectivity index (χ1n) is 8.10. The number of nitrogens with one attached hydrogen (secondary N) is 1. The zero-order valence-electron chi connectivity index (χ0n) is 13.6. The quantitative estimate of drug-likeness (QED) is 0.558. The molecule has 1 aliphatic heterocycles. The van der Waals surface area contributed by atoms with Crippen LogP contribution in [0, 0.1) is 44.1 Å². The average molecular weight is 537 g/mol. The first kappa shape index (κ1) is 19.6. The van der Waals surface area contributed by atoms with Crippen molar-refractivity contribution in [2.24, 2.45) is 0 Å². The third-order valence-electron chi connectivity index (χ3n) is 4.33. The van der Waals surface area contributed by atoms with E-state index in [4.69, 9.17) is 0 Å². The van der Waals surface area contributed by atoms with Crippen molar-refractivity contribution < 1.29 is 54.1 Å². The van der Waals surface area contributed by atoms with E-state index in [2.05, 4.69) is 29.6 Å². The van der Waals surface area contributed by atoms with E-state index >= 15 is 0 Å². The van der Waals surface area contributed by atoms with Crippen LogP contribution in [0.15, 0.2) is 60.7 Å². The molecule has 24 heavy (non-hydrogen) atoms. The molecule has 2 atom stereocenters. The Balaban J connectivity index is 0.00000208. The smallest absolute Gasteiger partial charge is 0.264 e. The van der Waals surface area contributed by atoms with E-state index in [9.17, 15) is 10.0 Å². The van der Waals surface area contributed by atoms with Crippen LogP contribution in [0.3, 0.4) is 0 Å². The molecule has 1 heterocycles. The number of hydroxylamine groups is 2. The molecular formula is C19H22AcN2O2. The van der Waals surface area contributed by atoms with Crippen LogP contribution in [0.1, 0.15) is 24.0 Å². The van der Waals surface area contributed by atoms with Gasteiger partial charge in [0.05, 0.1) is 6.04 Å². The summed E-state index contributed by atoms with van der Waals surface area (Å²) < 4.78 is 0. The Morgan fingerprint density at radius 3 is 1.92 bits per heavy atom. The van der Waals surface area contributed by atoms with Crippen molar-refractivity contribution in [1.29, 1.82) is 0 Å². The zero-order chi connectivity index (χ0) is 16.1. The van der Waals surface area contributed by atoms with Gasteiger partial charge in [-0.1, -0.05) is 60.7 Å². The van der Waals surface area contributed by atoms with Crippen molar-refractivity contribution in [1.82, 2.24) is 10.4 Å². The molecular weight excluding hydrogens is 515 g/mol. The SMILES string of the molecule is O=C1[C@H](CCc2ccccc2)N[C@@H](CCc2ccccc2)N1O.[Ac]. The van der Waals surface area contributed by atoms with Crippen molar-refractivity contribution in [2.75, 3.05) is 0 Å². The second kappa shape index (κ2) is 9.68. The minimum Gasteiger partial charge on any atom is -0.284 e. The molecule has 1 amide bonds. The minimum atomic E-state index is -0.305. The molecule has 4 nitrogen and oxygen atoms in total. The Hall–Kier alpha value is -0.728. The van der Waals surface area contributed by atoms with Crippen LogP contribution in [-0.2, 0) is 17.6 Å². The first-order chi connectivity index (χ1) is 11.2. The Morgan fingerprint density at radius 2 is 1.38 bits per heavy atom. The molecule has 0 aliphatic carbocycles.